The van der Waals surface area contributed by atoms with Gasteiger partial charge in [0, 0.05) is 36.6 Å². The van der Waals surface area contributed by atoms with Gasteiger partial charge < -0.3 is 14.4 Å². The molecule has 3 aromatic rings. The maximum Gasteiger partial charge on any atom is 0.254 e. The van der Waals surface area contributed by atoms with Gasteiger partial charge >= 0.3 is 0 Å². The van der Waals surface area contributed by atoms with E-state index in [9.17, 15) is 9.59 Å². The molecule has 5 heteroatoms. The van der Waals surface area contributed by atoms with Gasteiger partial charge in [-0.05, 0) is 61.2 Å². The Morgan fingerprint density at radius 3 is 2.45 bits per heavy atom. The topological polar surface area (TPSA) is 45.6 Å². The van der Waals surface area contributed by atoms with Crippen LogP contribution in [-0.4, -0.2) is 44.8 Å². The number of rotatable bonds is 8. The molecule has 0 N–H and O–H groups in total. The van der Waals surface area contributed by atoms with Gasteiger partial charge in [0.15, 0.2) is 0 Å². The Hall–Kier alpha value is -3.08. The molecular formula is C26H31N3O2. The van der Waals surface area contributed by atoms with E-state index in [0.29, 0.717) is 12.1 Å². The van der Waals surface area contributed by atoms with Crippen molar-refractivity contribution in [3.63, 3.8) is 0 Å². The van der Waals surface area contributed by atoms with Crippen LogP contribution in [0.25, 0.3) is 10.8 Å². The summed E-state index contributed by atoms with van der Waals surface area (Å²) in [5.74, 6) is -0.0544. The molecular weight excluding hydrogens is 386 g/mol. The van der Waals surface area contributed by atoms with Crippen LogP contribution in [0.3, 0.4) is 0 Å². The SMILES string of the molecule is CCC(C)N(CC(=O)N(Cc1cccn1C)C1CC1)C(=O)c1ccc2ccccc2c1. The molecule has 4 rings (SSSR count). The maximum absolute atomic E-state index is 13.5. The Bertz CT molecular complexity index is 1080. The molecule has 1 saturated carbocycles. The molecule has 0 bridgehead atoms. The molecule has 0 aliphatic heterocycles. The van der Waals surface area contributed by atoms with Crippen molar-refractivity contribution in [3.05, 3.63) is 72.1 Å². The number of carbonyl (C=O) groups is 2. The molecule has 162 valence electrons. The van der Waals surface area contributed by atoms with Gasteiger partial charge in [-0.2, -0.15) is 0 Å². The lowest BCUT2D eigenvalue weighted by Gasteiger charge is -2.31. The quantitative estimate of drug-likeness (QED) is 0.537. The summed E-state index contributed by atoms with van der Waals surface area (Å²) in [6.45, 7) is 4.77. The predicted octanol–water partition coefficient (Wildman–Crippen LogP) is 4.61. The van der Waals surface area contributed by atoms with Gasteiger partial charge in [-0.15, -0.1) is 0 Å². The number of fused-ring (bicyclic) bond motifs is 1. The Morgan fingerprint density at radius 2 is 1.81 bits per heavy atom. The molecule has 2 aromatic carbocycles. The maximum atomic E-state index is 13.5. The molecule has 1 aromatic heterocycles. The van der Waals surface area contributed by atoms with E-state index < -0.39 is 0 Å². The van der Waals surface area contributed by atoms with Crippen molar-refractivity contribution in [2.24, 2.45) is 7.05 Å². The van der Waals surface area contributed by atoms with Gasteiger partial charge in [0.1, 0.15) is 6.54 Å². The lowest BCUT2D eigenvalue weighted by Crippen LogP contribution is -2.47. The fourth-order valence-corrected chi connectivity index (χ4v) is 4.02. The first-order valence-electron chi connectivity index (χ1n) is 11.2. The van der Waals surface area contributed by atoms with Crippen LogP contribution in [0.15, 0.2) is 60.8 Å². The molecule has 1 aliphatic carbocycles. The van der Waals surface area contributed by atoms with Crippen molar-refractivity contribution >= 4 is 22.6 Å². The summed E-state index contributed by atoms with van der Waals surface area (Å²) in [5, 5.41) is 2.14. The lowest BCUT2D eigenvalue weighted by atomic mass is 10.1. The van der Waals surface area contributed by atoms with E-state index in [0.717, 1.165) is 35.7 Å². The number of aryl methyl sites for hydroxylation is 1. The molecule has 0 saturated heterocycles. The van der Waals surface area contributed by atoms with E-state index in [1.807, 2.05) is 73.6 Å². The summed E-state index contributed by atoms with van der Waals surface area (Å²) in [4.78, 5) is 30.5. The highest BCUT2D eigenvalue weighted by Gasteiger charge is 2.35. The van der Waals surface area contributed by atoms with E-state index in [1.54, 1.807) is 4.90 Å². The van der Waals surface area contributed by atoms with Crippen LogP contribution in [0.1, 0.15) is 49.2 Å². The van der Waals surface area contributed by atoms with Gasteiger partial charge in [-0.3, -0.25) is 9.59 Å². The average Bonchev–Trinajstić information content (AvgIpc) is 3.55. The third-order valence-electron chi connectivity index (χ3n) is 6.38. The summed E-state index contributed by atoms with van der Waals surface area (Å²) in [6, 6.07) is 18.1. The summed E-state index contributed by atoms with van der Waals surface area (Å²) in [7, 11) is 2.00. The smallest absolute Gasteiger partial charge is 0.254 e. The van der Waals surface area contributed by atoms with Crippen LogP contribution in [0.5, 0.6) is 0 Å². The van der Waals surface area contributed by atoms with Crippen LogP contribution in [-0.2, 0) is 18.4 Å². The normalized spacial score (nSPS) is 14.4. The van der Waals surface area contributed by atoms with E-state index in [-0.39, 0.29) is 30.4 Å². The summed E-state index contributed by atoms with van der Waals surface area (Å²) < 4.78 is 2.05. The molecule has 2 amide bonds. The van der Waals surface area contributed by atoms with E-state index >= 15 is 0 Å². The minimum atomic E-state index is -0.0805. The number of nitrogens with zero attached hydrogens (tertiary/aromatic N) is 3. The molecule has 1 fully saturated rings. The second-order valence-corrected chi connectivity index (χ2v) is 8.62. The van der Waals surface area contributed by atoms with E-state index in [2.05, 4.69) is 17.6 Å². The lowest BCUT2D eigenvalue weighted by molar-refractivity contribution is -0.133. The van der Waals surface area contributed by atoms with Crippen molar-refractivity contribution in [1.82, 2.24) is 14.4 Å². The average molecular weight is 418 g/mol. The summed E-state index contributed by atoms with van der Waals surface area (Å²) >= 11 is 0. The fraction of sp³-hybridized carbons (Fsp3) is 0.385. The van der Waals surface area contributed by atoms with Crippen molar-refractivity contribution in [2.45, 2.75) is 51.7 Å². The molecule has 0 spiro atoms. The number of hydrogen-bond acceptors (Lipinski definition) is 2. The third-order valence-corrected chi connectivity index (χ3v) is 6.38. The number of amides is 2. The van der Waals surface area contributed by atoms with Crippen LogP contribution in [0, 0.1) is 0 Å². The Morgan fingerprint density at radius 1 is 1.06 bits per heavy atom. The summed E-state index contributed by atoms with van der Waals surface area (Å²) in [5.41, 5.74) is 1.74. The molecule has 0 radical (unpaired) electrons. The second kappa shape index (κ2) is 8.96. The highest BCUT2D eigenvalue weighted by Crippen LogP contribution is 2.29. The molecule has 1 aliphatic rings. The van der Waals surface area contributed by atoms with Crippen molar-refractivity contribution < 1.29 is 9.59 Å². The van der Waals surface area contributed by atoms with Gasteiger partial charge in [0.25, 0.3) is 5.91 Å². The van der Waals surface area contributed by atoms with Crippen LogP contribution in [0.4, 0.5) is 0 Å². The van der Waals surface area contributed by atoms with Gasteiger partial charge in [-0.25, -0.2) is 0 Å². The van der Waals surface area contributed by atoms with E-state index in [1.165, 1.54) is 0 Å². The zero-order chi connectivity index (χ0) is 22.0. The second-order valence-electron chi connectivity index (χ2n) is 8.62. The van der Waals surface area contributed by atoms with Crippen LogP contribution < -0.4 is 0 Å². The zero-order valence-corrected chi connectivity index (χ0v) is 18.6. The van der Waals surface area contributed by atoms with Gasteiger partial charge in [0.05, 0.1) is 6.54 Å². The van der Waals surface area contributed by atoms with Crippen molar-refractivity contribution in [2.75, 3.05) is 6.54 Å². The third kappa shape index (κ3) is 4.66. The standard InChI is InChI=1S/C26H31N3O2/c1-4-19(2)28(26(31)22-12-11-20-8-5-6-9-21(20)16-22)18-25(30)29(23-13-14-23)17-24-10-7-15-27(24)3/h5-12,15-16,19,23H,4,13-14,17-18H2,1-3H3. The summed E-state index contributed by atoms with van der Waals surface area (Å²) in [6.07, 6.45) is 4.88. The number of hydrogen-bond donors (Lipinski definition) is 0. The van der Waals surface area contributed by atoms with E-state index in [4.69, 9.17) is 0 Å². The number of aromatic nitrogens is 1. The number of carbonyl (C=O) groups excluding carboxylic acids is 2. The van der Waals surface area contributed by atoms with Gasteiger partial charge in [-0.1, -0.05) is 37.3 Å². The molecule has 1 unspecified atom stereocenters. The Labute approximate surface area is 184 Å². The minimum absolute atomic E-state index is 0.0148. The largest absolute Gasteiger partial charge is 0.353 e. The van der Waals surface area contributed by atoms with Crippen LogP contribution >= 0.6 is 0 Å². The first kappa shape index (κ1) is 21.2. The zero-order valence-electron chi connectivity index (χ0n) is 18.6. The fourth-order valence-electron chi connectivity index (χ4n) is 4.02. The Kier molecular flexibility index (Phi) is 6.12. The van der Waals surface area contributed by atoms with Crippen LogP contribution in [0.2, 0.25) is 0 Å². The Balaban J connectivity index is 1.55. The monoisotopic (exact) mass is 417 g/mol. The molecule has 5 nitrogen and oxygen atoms in total. The highest BCUT2D eigenvalue weighted by atomic mass is 16.2. The molecule has 1 atom stereocenters. The molecule has 1 heterocycles. The first-order chi connectivity index (χ1) is 15.0. The number of benzene rings is 2. The first-order valence-corrected chi connectivity index (χ1v) is 11.2. The minimum Gasteiger partial charge on any atom is -0.353 e. The van der Waals surface area contributed by atoms with Gasteiger partial charge in [0.2, 0.25) is 5.91 Å². The molecule has 31 heavy (non-hydrogen) atoms. The highest BCUT2D eigenvalue weighted by molar-refractivity contribution is 6.00. The predicted molar refractivity (Wildman–Crippen MR) is 124 cm³/mol. The van der Waals surface area contributed by atoms with Crippen molar-refractivity contribution in [3.8, 4) is 0 Å². The van der Waals surface area contributed by atoms with Crippen molar-refractivity contribution in [1.29, 1.82) is 0 Å².